The van der Waals surface area contributed by atoms with Gasteiger partial charge in [0.2, 0.25) is 5.91 Å². The molecular weight excluding hydrogens is 230 g/mol. The predicted octanol–water partition coefficient (Wildman–Crippen LogP) is 2.96. The maximum absolute atomic E-state index is 11.5. The number of hydrogen-bond acceptors (Lipinski definition) is 2. The van der Waals surface area contributed by atoms with Gasteiger partial charge in [-0.15, -0.1) is 0 Å². The van der Waals surface area contributed by atoms with Crippen LogP contribution >= 0.6 is 0 Å². The molecule has 1 N–H and O–H groups in total. The van der Waals surface area contributed by atoms with Crippen LogP contribution in [0.15, 0.2) is 24.9 Å². The van der Waals surface area contributed by atoms with Gasteiger partial charge < -0.3 is 10.0 Å². The first-order valence-electron chi connectivity index (χ1n) is 6.46. The second-order valence-corrected chi connectivity index (χ2v) is 4.16. The number of carboxylic acid groups (broad SMARTS) is 1. The zero-order valence-electron chi connectivity index (χ0n) is 11.1. The highest BCUT2D eigenvalue weighted by Gasteiger charge is 2.06. The third-order valence-electron chi connectivity index (χ3n) is 2.61. The van der Waals surface area contributed by atoms with Gasteiger partial charge in [-0.2, -0.15) is 0 Å². The van der Waals surface area contributed by atoms with E-state index in [1.165, 1.54) is 36.4 Å². The maximum atomic E-state index is 11.5. The maximum Gasteiger partial charge on any atom is 0.329 e. The van der Waals surface area contributed by atoms with E-state index in [0.29, 0.717) is 6.54 Å². The lowest BCUT2D eigenvalue weighted by Gasteiger charge is -2.15. The van der Waals surface area contributed by atoms with Crippen molar-refractivity contribution in [2.75, 3.05) is 6.54 Å². The minimum Gasteiger partial charge on any atom is -0.478 e. The number of amides is 1. The fraction of sp³-hybridized carbons (Fsp3) is 0.571. The molecule has 18 heavy (non-hydrogen) atoms. The van der Waals surface area contributed by atoms with Gasteiger partial charge in [-0.3, -0.25) is 4.79 Å². The second-order valence-electron chi connectivity index (χ2n) is 4.16. The van der Waals surface area contributed by atoms with Crippen molar-refractivity contribution < 1.29 is 14.7 Å². The van der Waals surface area contributed by atoms with Gasteiger partial charge >= 0.3 is 5.97 Å². The van der Waals surface area contributed by atoms with Gasteiger partial charge in [-0.25, -0.2) is 4.79 Å². The molecule has 4 nitrogen and oxygen atoms in total. The van der Waals surface area contributed by atoms with Crippen molar-refractivity contribution in [3.8, 4) is 0 Å². The summed E-state index contributed by atoms with van der Waals surface area (Å²) < 4.78 is 0. The van der Waals surface area contributed by atoms with Gasteiger partial charge in [0.1, 0.15) is 0 Å². The minimum absolute atomic E-state index is 0.263. The van der Waals surface area contributed by atoms with Crippen molar-refractivity contribution in [1.29, 1.82) is 0 Å². The molecule has 0 radical (unpaired) electrons. The topological polar surface area (TPSA) is 57.6 Å². The summed E-state index contributed by atoms with van der Waals surface area (Å²) in [6.45, 7) is 6.12. The Morgan fingerprint density at radius 3 is 2.33 bits per heavy atom. The first-order chi connectivity index (χ1) is 8.61. The van der Waals surface area contributed by atoms with Crippen LogP contribution in [0.3, 0.4) is 0 Å². The van der Waals surface area contributed by atoms with Crippen molar-refractivity contribution in [2.24, 2.45) is 0 Å². The van der Waals surface area contributed by atoms with Crippen LogP contribution in [-0.4, -0.2) is 28.4 Å². The highest BCUT2D eigenvalue weighted by atomic mass is 16.4. The second kappa shape index (κ2) is 10.6. The Balaban J connectivity index is 3.98. The Morgan fingerprint density at radius 1 is 1.17 bits per heavy atom. The fourth-order valence-electron chi connectivity index (χ4n) is 1.59. The molecule has 0 bridgehead atoms. The third kappa shape index (κ3) is 8.56. The van der Waals surface area contributed by atoms with Crippen LogP contribution in [0, 0.1) is 0 Å². The van der Waals surface area contributed by atoms with E-state index in [0.717, 1.165) is 25.3 Å². The molecule has 0 saturated carbocycles. The summed E-state index contributed by atoms with van der Waals surface area (Å²) in [7, 11) is 0. The number of unbranched alkanes of at least 4 members (excludes halogenated alkanes) is 5. The number of carboxylic acids is 1. The Hall–Kier alpha value is -1.58. The fourth-order valence-corrected chi connectivity index (χ4v) is 1.59. The van der Waals surface area contributed by atoms with Crippen molar-refractivity contribution in [2.45, 2.75) is 45.4 Å². The zero-order valence-corrected chi connectivity index (χ0v) is 11.1. The highest BCUT2D eigenvalue weighted by Crippen LogP contribution is 2.06. The van der Waals surface area contributed by atoms with Gasteiger partial charge in [-0.05, 0) is 12.5 Å². The average molecular weight is 253 g/mol. The lowest BCUT2D eigenvalue weighted by atomic mass is 10.1. The molecule has 0 spiro atoms. The van der Waals surface area contributed by atoms with Crippen LogP contribution in [0.4, 0.5) is 0 Å². The third-order valence-corrected chi connectivity index (χ3v) is 2.61. The Morgan fingerprint density at radius 2 is 1.78 bits per heavy atom. The summed E-state index contributed by atoms with van der Waals surface area (Å²) in [5.74, 6) is -1.32. The number of carbonyl (C=O) groups is 2. The summed E-state index contributed by atoms with van der Waals surface area (Å²) in [6, 6.07) is 0. The number of nitrogens with zero attached hydrogens (tertiary/aromatic N) is 1. The highest BCUT2D eigenvalue weighted by molar-refractivity contribution is 5.88. The summed E-state index contributed by atoms with van der Waals surface area (Å²) >= 11 is 0. The van der Waals surface area contributed by atoms with Gasteiger partial charge in [0, 0.05) is 18.8 Å². The van der Waals surface area contributed by atoms with Gasteiger partial charge in [0.25, 0.3) is 0 Å². The molecule has 0 rings (SSSR count). The van der Waals surface area contributed by atoms with E-state index in [1.54, 1.807) is 0 Å². The molecule has 0 aromatic rings. The molecule has 0 atom stereocenters. The molecule has 0 aromatic heterocycles. The van der Waals surface area contributed by atoms with Crippen molar-refractivity contribution in [3.63, 3.8) is 0 Å². The molecule has 0 aliphatic rings. The first-order valence-corrected chi connectivity index (χ1v) is 6.46. The molecule has 0 unspecified atom stereocenters. The van der Waals surface area contributed by atoms with Crippen molar-refractivity contribution in [3.05, 3.63) is 24.9 Å². The van der Waals surface area contributed by atoms with Gasteiger partial charge in [0.15, 0.2) is 0 Å². The van der Waals surface area contributed by atoms with E-state index in [9.17, 15) is 9.59 Å². The normalized spacial score (nSPS) is 10.5. The Labute approximate surface area is 109 Å². The van der Waals surface area contributed by atoms with Crippen molar-refractivity contribution in [1.82, 2.24) is 4.90 Å². The van der Waals surface area contributed by atoms with Gasteiger partial charge in [-0.1, -0.05) is 45.6 Å². The summed E-state index contributed by atoms with van der Waals surface area (Å²) in [6.07, 6.45) is 10.2. The van der Waals surface area contributed by atoms with Crippen LogP contribution in [0.2, 0.25) is 0 Å². The van der Waals surface area contributed by atoms with Crippen LogP contribution in [0.1, 0.15) is 45.4 Å². The van der Waals surface area contributed by atoms with E-state index in [1.807, 2.05) is 0 Å². The van der Waals surface area contributed by atoms with E-state index >= 15 is 0 Å². The lowest BCUT2D eigenvalue weighted by Crippen LogP contribution is -2.25. The molecule has 0 aliphatic heterocycles. The molecule has 0 aliphatic carbocycles. The van der Waals surface area contributed by atoms with E-state index in [4.69, 9.17) is 5.11 Å². The van der Waals surface area contributed by atoms with Crippen LogP contribution in [0.5, 0.6) is 0 Å². The summed E-state index contributed by atoms with van der Waals surface area (Å²) in [5, 5.41) is 8.53. The SMILES string of the molecule is C=CC(=O)N(/C=C/C(=O)O)CCCCCCCC. The first kappa shape index (κ1) is 16.4. The zero-order chi connectivity index (χ0) is 13.8. The standard InChI is InChI=1S/C14H23NO3/c1-3-5-6-7-8-9-11-15(13(16)4-2)12-10-14(17)18/h4,10,12H,2-3,5-9,11H2,1H3,(H,17,18)/b12-10+. The molecular formula is C14H23NO3. The lowest BCUT2D eigenvalue weighted by molar-refractivity contribution is -0.131. The Bertz CT molecular complexity index is 297. The number of hydrogen-bond donors (Lipinski definition) is 1. The quantitative estimate of drug-likeness (QED) is 0.481. The van der Waals surface area contributed by atoms with Crippen LogP contribution < -0.4 is 0 Å². The largest absolute Gasteiger partial charge is 0.478 e. The van der Waals surface area contributed by atoms with E-state index in [-0.39, 0.29) is 5.91 Å². The van der Waals surface area contributed by atoms with Gasteiger partial charge in [0.05, 0.1) is 0 Å². The van der Waals surface area contributed by atoms with Crippen LogP contribution in [0.25, 0.3) is 0 Å². The molecule has 1 amide bonds. The predicted molar refractivity (Wildman–Crippen MR) is 72.1 cm³/mol. The smallest absolute Gasteiger partial charge is 0.329 e. The van der Waals surface area contributed by atoms with Crippen LogP contribution in [-0.2, 0) is 9.59 Å². The molecule has 0 heterocycles. The number of carbonyl (C=O) groups excluding carboxylic acids is 1. The molecule has 0 fully saturated rings. The summed E-state index contributed by atoms with van der Waals surface area (Å²) in [5.41, 5.74) is 0. The Kier molecular flexibility index (Phi) is 9.64. The number of aliphatic carboxylic acids is 1. The molecule has 0 aromatic carbocycles. The molecule has 102 valence electrons. The number of rotatable bonds is 10. The molecule has 0 saturated heterocycles. The van der Waals surface area contributed by atoms with E-state index in [2.05, 4.69) is 13.5 Å². The minimum atomic E-state index is -1.06. The molecule has 4 heteroatoms. The average Bonchev–Trinajstić information content (AvgIpc) is 2.35. The van der Waals surface area contributed by atoms with Crippen molar-refractivity contribution >= 4 is 11.9 Å². The van der Waals surface area contributed by atoms with E-state index < -0.39 is 5.97 Å². The monoisotopic (exact) mass is 253 g/mol. The summed E-state index contributed by atoms with van der Waals surface area (Å²) in [4.78, 5) is 23.3.